The van der Waals surface area contributed by atoms with Gasteiger partial charge in [0.15, 0.2) is 5.43 Å². The van der Waals surface area contributed by atoms with Crippen LogP contribution < -0.4 is 16.2 Å². The van der Waals surface area contributed by atoms with E-state index in [-0.39, 0.29) is 16.4 Å². The highest BCUT2D eigenvalue weighted by molar-refractivity contribution is 6.34. The van der Waals surface area contributed by atoms with Crippen molar-refractivity contribution in [1.82, 2.24) is 4.98 Å². The van der Waals surface area contributed by atoms with Gasteiger partial charge in [-0.3, -0.25) is 9.59 Å². The highest BCUT2D eigenvalue weighted by atomic mass is 35.5. The SMILES string of the molecule is O=c1nc2ccc(Cl)c3c2=c(/c1=C(\O)c1ccccc1)c1ccccc1c3=O. The van der Waals surface area contributed by atoms with Crippen molar-refractivity contribution >= 4 is 39.0 Å². The summed E-state index contributed by atoms with van der Waals surface area (Å²) >= 11 is 6.36. The molecule has 5 heteroatoms. The zero-order valence-corrected chi connectivity index (χ0v) is 15.2. The molecule has 5 rings (SSSR count). The Balaban J connectivity index is 2.28. The Morgan fingerprint density at radius 2 is 1.50 bits per heavy atom. The van der Waals surface area contributed by atoms with Crippen molar-refractivity contribution in [2.45, 2.75) is 0 Å². The van der Waals surface area contributed by atoms with Crippen LogP contribution in [0.1, 0.15) is 5.56 Å². The van der Waals surface area contributed by atoms with Crippen LogP contribution in [0.4, 0.5) is 0 Å². The molecule has 1 heterocycles. The fourth-order valence-corrected chi connectivity index (χ4v) is 4.04. The van der Waals surface area contributed by atoms with E-state index in [0.29, 0.717) is 42.7 Å². The first-order chi connectivity index (χ1) is 13.6. The molecule has 0 bridgehead atoms. The normalized spacial score (nSPS) is 12.8. The Morgan fingerprint density at radius 3 is 2.25 bits per heavy atom. The quantitative estimate of drug-likeness (QED) is 0.480. The Bertz CT molecular complexity index is 1610. The number of benzene rings is 3. The van der Waals surface area contributed by atoms with Crippen LogP contribution in [-0.2, 0) is 0 Å². The van der Waals surface area contributed by atoms with E-state index < -0.39 is 5.56 Å². The highest BCUT2D eigenvalue weighted by Crippen LogP contribution is 2.24. The van der Waals surface area contributed by atoms with Crippen LogP contribution in [-0.4, -0.2) is 10.1 Å². The molecule has 0 spiro atoms. The van der Waals surface area contributed by atoms with Crippen LogP contribution in [0.25, 0.3) is 27.4 Å². The molecule has 3 aromatic rings. The van der Waals surface area contributed by atoms with Gasteiger partial charge in [0.1, 0.15) is 5.76 Å². The third kappa shape index (κ3) is 2.22. The van der Waals surface area contributed by atoms with Crippen molar-refractivity contribution in [1.29, 1.82) is 0 Å². The highest BCUT2D eigenvalue weighted by Gasteiger charge is 2.17. The Kier molecular flexibility index (Phi) is 3.57. The van der Waals surface area contributed by atoms with Gasteiger partial charge in [0, 0.05) is 21.4 Å². The lowest BCUT2D eigenvalue weighted by Gasteiger charge is -2.08. The summed E-state index contributed by atoms with van der Waals surface area (Å²) < 4.78 is 0. The maximum atomic E-state index is 13.1. The van der Waals surface area contributed by atoms with Gasteiger partial charge in [0.05, 0.1) is 21.1 Å². The summed E-state index contributed by atoms with van der Waals surface area (Å²) in [5.74, 6) is -0.176. The largest absolute Gasteiger partial charge is 0.506 e. The molecule has 0 unspecified atom stereocenters. The fraction of sp³-hybridized carbons (Fsp3) is 0. The first-order valence-electron chi connectivity index (χ1n) is 8.67. The zero-order valence-electron chi connectivity index (χ0n) is 14.4. The maximum Gasteiger partial charge on any atom is 0.281 e. The summed E-state index contributed by atoms with van der Waals surface area (Å²) in [6.45, 7) is 0. The van der Waals surface area contributed by atoms with Gasteiger partial charge in [-0.1, -0.05) is 66.2 Å². The Morgan fingerprint density at radius 1 is 0.821 bits per heavy atom. The van der Waals surface area contributed by atoms with Crippen LogP contribution in [0.15, 0.2) is 76.3 Å². The molecule has 28 heavy (non-hydrogen) atoms. The lowest BCUT2D eigenvalue weighted by molar-refractivity contribution is 0.506. The average Bonchev–Trinajstić information content (AvgIpc) is 2.72. The number of hydrogen-bond acceptors (Lipinski definition) is 4. The predicted octanol–water partition coefficient (Wildman–Crippen LogP) is 3.36. The Labute approximate surface area is 163 Å². The summed E-state index contributed by atoms with van der Waals surface area (Å²) in [6, 6.07) is 19.0. The molecule has 1 aliphatic carbocycles. The van der Waals surface area contributed by atoms with Crippen LogP contribution in [0, 0.1) is 10.4 Å². The van der Waals surface area contributed by atoms with Crippen LogP contribution in [0.5, 0.6) is 0 Å². The minimum atomic E-state index is -0.554. The first kappa shape index (κ1) is 16.7. The van der Waals surface area contributed by atoms with Gasteiger partial charge in [0.25, 0.3) is 5.56 Å². The lowest BCUT2D eigenvalue weighted by atomic mass is 9.97. The lowest BCUT2D eigenvalue weighted by Crippen LogP contribution is -2.32. The molecular weight excluding hydrogens is 374 g/mol. The second kappa shape index (κ2) is 6.01. The topological polar surface area (TPSA) is 67.3 Å². The van der Waals surface area contributed by atoms with Crippen LogP contribution in [0.3, 0.4) is 0 Å². The minimum absolute atomic E-state index is 0.0715. The second-order valence-corrected chi connectivity index (χ2v) is 6.98. The molecule has 3 aromatic carbocycles. The molecule has 0 amide bonds. The molecule has 134 valence electrons. The molecule has 4 nitrogen and oxygen atoms in total. The van der Waals surface area contributed by atoms with Crippen LogP contribution >= 0.6 is 11.6 Å². The van der Waals surface area contributed by atoms with Crippen molar-refractivity contribution in [2.75, 3.05) is 0 Å². The van der Waals surface area contributed by atoms with Gasteiger partial charge in [-0.05, 0) is 17.5 Å². The summed E-state index contributed by atoms with van der Waals surface area (Å²) in [4.78, 5) is 30.1. The smallest absolute Gasteiger partial charge is 0.281 e. The van der Waals surface area contributed by atoms with Gasteiger partial charge >= 0.3 is 0 Å². The molecule has 0 aromatic heterocycles. The van der Waals surface area contributed by atoms with E-state index in [4.69, 9.17) is 11.6 Å². The van der Waals surface area contributed by atoms with E-state index in [9.17, 15) is 14.7 Å². The average molecular weight is 386 g/mol. The van der Waals surface area contributed by atoms with Crippen molar-refractivity contribution in [3.63, 3.8) is 0 Å². The van der Waals surface area contributed by atoms with E-state index in [1.165, 1.54) is 0 Å². The van der Waals surface area contributed by atoms with Crippen LogP contribution in [0.2, 0.25) is 5.02 Å². The van der Waals surface area contributed by atoms with Gasteiger partial charge in [-0.15, -0.1) is 0 Å². The second-order valence-electron chi connectivity index (χ2n) is 6.57. The van der Waals surface area contributed by atoms with E-state index >= 15 is 0 Å². The van der Waals surface area contributed by atoms with E-state index in [1.54, 1.807) is 60.7 Å². The molecule has 0 fully saturated rings. The van der Waals surface area contributed by atoms with E-state index in [0.717, 1.165) is 0 Å². The molecular formula is C23H12ClNO3. The monoisotopic (exact) mass is 385 g/mol. The molecule has 0 atom stereocenters. The number of aromatic nitrogens is 1. The van der Waals surface area contributed by atoms with E-state index in [1.807, 2.05) is 6.07 Å². The number of nitrogens with zero attached hydrogens (tertiary/aromatic N) is 1. The van der Waals surface area contributed by atoms with Gasteiger partial charge < -0.3 is 5.11 Å². The van der Waals surface area contributed by atoms with Gasteiger partial charge in [-0.25, -0.2) is 4.98 Å². The molecule has 2 aliphatic rings. The molecule has 1 aliphatic heterocycles. The fourth-order valence-electron chi connectivity index (χ4n) is 3.79. The molecule has 0 saturated heterocycles. The summed E-state index contributed by atoms with van der Waals surface area (Å²) in [6.07, 6.45) is 0. The number of rotatable bonds is 1. The summed E-state index contributed by atoms with van der Waals surface area (Å²) in [5, 5.41) is 13.7. The summed E-state index contributed by atoms with van der Waals surface area (Å²) in [7, 11) is 0. The number of aliphatic hydroxyl groups excluding tert-OH is 1. The van der Waals surface area contributed by atoms with Gasteiger partial charge in [0.2, 0.25) is 0 Å². The first-order valence-corrected chi connectivity index (χ1v) is 9.04. The standard InChI is InChI=1S/C23H12ClNO3/c24-15-10-11-16-19-17(13-8-4-5-9-14(13)22(27)18(15)19)20(23(28)25-16)21(26)12-6-2-1-3-7-12/h1-11,26H/b21-20+. The predicted molar refractivity (Wildman–Crippen MR) is 110 cm³/mol. The summed E-state index contributed by atoms with van der Waals surface area (Å²) in [5.41, 5.74) is 0.104. The number of halogens is 1. The van der Waals surface area contributed by atoms with Crippen molar-refractivity contribution in [3.05, 3.63) is 114 Å². The third-order valence-corrected chi connectivity index (χ3v) is 5.34. The number of hydrogen-bond donors (Lipinski definition) is 1. The Hall–Kier alpha value is -3.50. The van der Waals surface area contributed by atoms with Crippen molar-refractivity contribution in [3.8, 4) is 0 Å². The molecule has 0 radical (unpaired) electrons. The zero-order chi connectivity index (χ0) is 19.4. The molecule has 1 N–H and O–H groups in total. The minimum Gasteiger partial charge on any atom is -0.506 e. The van der Waals surface area contributed by atoms with Crippen molar-refractivity contribution in [2.24, 2.45) is 0 Å². The third-order valence-electron chi connectivity index (χ3n) is 5.02. The van der Waals surface area contributed by atoms with Crippen molar-refractivity contribution < 1.29 is 5.11 Å². The number of aliphatic hydroxyl groups is 1. The molecule has 0 saturated carbocycles. The van der Waals surface area contributed by atoms with Gasteiger partial charge in [-0.2, -0.15) is 0 Å². The maximum absolute atomic E-state index is 13.1. The van der Waals surface area contributed by atoms with E-state index in [2.05, 4.69) is 4.98 Å². The number of fused-ring (bicyclic) bond motifs is 2.